The van der Waals surface area contributed by atoms with Crippen LogP contribution in [0.15, 0.2) is 164 Å². The molecule has 3 heteroatoms. The molecular weight excluding hydrogens is 607 g/mol. The van der Waals surface area contributed by atoms with Crippen molar-refractivity contribution in [3.63, 3.8) is 0 Å². The van der Waals surface area contributed by atoms with Crippen molar-refractivity contribution in [1.29, 1.82) is 0 Å². The lowest BCUT2D eigenvalue weighted by molar-refractivity contribution is 1.08. The molecule has 0 aliphatic heterocycles. The Labute approximate surface area is 288 Å². The zero-order valence-electron chi connectivity index (χ0n) is 26.9. The standard InChI is InChI=1S/C47H27N3/c1-2-13-28(14-3-1)45-48-46(40-26-25-39-32-18-6-5-17-31(32)37-23-12-24-38(40)43(37)39)50-47(49-45)42-27-41-33-19-7-4-15-29(33)30-16-8-10-21-35(30)44(41)36-22-11-9-20-34(36)42/h1-27H. The van der Waals surface area contributed by atoms with Crippen molar-refractivity contribution < 1.29 is 0 Å². The van der Waals surface area contributed by atoms with Crippen LogP contribution in [0.2, 0.25) is 0 Å². The van der Waals surface area contributed by atoms with Gasteiger partial charge in [0.25, 0.3) is 0 Å². The zero-order valence-corrected chi connectivity index (χ0v) is 26.9. The van der Waals surface area contributed by atoms with Gasteiger partial charge in [-0.25, -0.2) is 15.0 Å². The lowest BCUT2D eigenvalue weighted by Gasteiger charge is -2.16. The highest BCUT2D eigenvalue weighted by molar-refractivity contribution is 6.33. The Morgan fingerprint density at radius 2 is 0.700 bits per heavy atom. The van der Waals surface area contributed by atoms with Crippen LogP contribution in [0.1, 0.15) is 0 Å². The summed E-state index contributed by atoms with van der Waals surface area (Å²) >= 11 is 0. The first kappa shape index (κ1) is 27.3. The van der Waals surface area contributed by atoms with Gasteiger partial charge in [-0.15, -0.1) is 0 Å². The van der Waals surface area contributed by atoms with Crippen LogP contribution in [-0.4, -0.2) is 15.0 Å². The monoisotopic (exact) mass is 633 g/mol. The predicted octanol–water partition coefficient (Wildman–Crippen LogP) is 12.3. The molecule has 50 heavy (non-hydrogen) atoms. The molecule has 10 aromatic rings. The predicted molar refractivity (Wildman–Crippen MR) is 208 cm³/mol. The third kappa shape index (κ3) is 3.83. The molecule has 9 aromatic carbocycles. The van der Waals surface area contributed by atoms with E-state index >= 15 is 0 Å². The second-order valence-electron chi connectivity index (χ2n) is 13.1. The topological polar surface area (TPSA) is 38.7 Å². The Hall–Kier alpha value is -6.71. The van der Waals surface area contributed by atoms with Crippen LogP contribution in [-0.2, 0) is 0 Å². The van der Waals surface area contributed by atoms with E-state index in [-0.39, 0.29) is 0 Å². The highest BCUT2D eigenvalue weighted by Gasteiger charge is 2.24. The summed E-state index contributed by atoms with van der Waals surface area (Å²) < 4.78 is 0. The molecule has 230 valence electrons. The molecule has 0 saturated carbocycles. The first-order valence-corrected chi connectivity index (χ1v) is 17.0. The minimum atomic E-state index is 0.657. The van der Waals surface area contributed by atoms with Crippen LogP contribution in [0.5, 0.6) is 0 Å². The number of hydrogen-bond acceptors (Lipinski definition) is 3. The third-order valence-electron chi connectivity index (χ3n) is 10.4. The molecule has 0 N–H and O–H groups in total. The van der Waals surface area contributed by atoms with Crippen molar-refractivity contribution >= 4 is 53.9 Å². The summed E-state index contributed by atoms with van der Waals surface area (Å²) in [6.45, 7) is 0. The largest absolute Gasteiger partial charge is 0.208 e. The van der Waals surface area contributed by atoms with Crippen molar-refractivity contribution in [1.82, 2.24) is 15.0 Å². The molecule has 11 rings (SSSR count). The van der Waals surface area contributed by atoms with Gasteiger partial charge in [-0.05, 0) is 88.2 Å². The van der Waals surface area contributed by atoms with Gasteiger partial charge in [0, 0.05) is 16.7 Å². The quantitative estimate of drug-likeness (QED) is 0.182. The van der Waals surface area contributed by atoms with E-state index in [1.807, 2.05) is 18.2 Å². The number of fused-ring (bicyclic) bond motifs is 11. The van der Waals surface area contributed by atoms with E-state index in [0.29, 0.717) is 17.5 Å². The number of aromatic nitrogens is 3. The second kappa shape index (κ2) is 10.4. The number of nitrogens with zero attached hydrogens (tertiary/aromatic N) is 3. The van der Waals surface area contributed by atoms with Gasteiger partial charge in [0.1, 0.15) is 0 Å². The lowest BCUT2D eigenvalue weighted by Crippen LogP contribution is -2.01. The van der Waals surface area contributed by atoms with Crippen molar-refractivity contribution in [3.8, 4) is 56.4 Å². The van der Waals surface area contributed by atoms with Gasteiger partial charge in [-0.3, -0.25) is 0 Å². The molecule has 0 fully saturated rings. The van der Waals surface area contributed by atoms with Crippen LogP contribution >= 0.6 is 0 Å². The van der Waals surface area contributed by atoms with E-state index in [1.54, 1.807) is 0 Å². The van der Waals surface area contributed by atoms with Crippen LogP contribution in [0.3, 0.4) is 0 Å². The van der Waals surface area contributed by atoms with Crippen molar-refractivity contribution in [3.05, 3.63) is 164 Å². The summed E-state index contributed by atoms with van der Waals surface area (Å²) in [4.78, 5) is 15.8. The molecule has 0 bridgehead atoms. The molecule has 0 radical (unpaired) electrons. The minimum Gasteiger partial charge on any atom is -0.208 e. The Kier molecular flexibility index (Phi) is 5.67. The summed E-state index contributed by atoms with van der Waals surface area (Å²) in [6.07, 6.45) is 0. The van der Waals surface area contributed by atoms with E-state index in [0.717, 1.165) is 27.5 Å². The number of benzene rings is 9. The number of hydrogen-bond donors (Lipinski definition) is 0. The van der Waals surface area contributed by atoms with E-state index in [2.05, 4.69) is 146 Å². The fraction of sp³-hybridized carbons (Fsp3) is 0. The maximum absolute atomic E-state index is 5.36. The molecule has 0 amide bonds. The van der Waals surface area contributed by atoms with Gasteiger partial charge in [-0.1, -0.05) is 152 Å². The highest BCUT2D eigenvalue weighted by Crippen LogP contribution is 2.49. The maximum Gasteiger partial charge on any atom is 0.164 e. The Bertz CT molecular complexity index is 3010. The van der Waals surface area contributed by atoms with Crippen molar-refractivity contribution in [2.24, 2.45) is 0 Å². The second-order valence-corrected chi connectivity index (χ2v) is 13.1. The van der Waals surface area contributed by atoms with Crippen molar-refractivity contribution in [2.45, 2.75) is 0 Å². The Morgan fingerprint density at radius 3 is 1.42 bits per heavy atom. The minimum absolute atomic E-state index is 0.657. The fourth-order valence-electron chi connectivity index (χ4n) is 8.29. The summed E-state index contributed by atoms with van der Waals surface area (Å²) in [5.41, 5.74) is 8.01. The Morgan fingerprint density at radius 1 is 0.240 bits per heavy atom. The van der Waals surface area contributed by atoms with Gasteiger partial charge in [0.15, 0.2) is 17.5 Å². The van der Waals surface area contributed by atoms with E-state index < -0.39 is 0 Å². The molecule has 1 aliphatic rings. The normalized spacial score (nSPS) is 12.0. The number of rotatable bonds is 3. The lowest BCUT2D eigenvalue weighted by atomic mass is 9.89. The van der Waals surface area contributed by atoms with Gasteiger partial charge in [0.05, 0.1) is 0 Å². The van der Waals surface area contributed by atoms with Crippen LogP contribution < -0.4 is 0 Å². The van der Waals surface area contributed by atoms with Crippen LogP contribution in [0.4, 0.5) is 0 Å². The smallest absolute Gasteiger partial charge is 0.164 e. The molecule has 0 spiro atoms. The third-order valence-corrected chi connectivity index (χ3v) is 10.4. The van der Waals surface area contributed by atoms with Gasteiger partial charge in [-0.2, -0.15) is 0 Å². The highest BCUT2D eigenvalue weighted by atomic mass is 15.0. The molecule has 0 unspecified atom stereocenters. The molecule has 1 aromatic heterocycles. The fourth-order valence-corrected chi connectivity index (χ4v) is 8.29. The van der Waals surface area contributed by atoms with E-state index in [1.165, 1.54) is 65.3 Å². The summed E-state index contributed by atoms with van der Waals surface area (Å²) in [7, 11) is 0. The average Bonchev–Trinajstić information content (AvgIpc) is 3.52. The SMILES string of the molecule is c1ccc(-c2nc(-c3ccc4c5c(cccc35)-c3ccccc3-4)nc(-c3cc4c5ccccc5c5ccccc5c4c4ccccc34)n2)cc1. The average molecular weight is 634 g/mol. The molecule has 3 nitrogen and oxygen atoms in total. The van der Waals surface area contributed by atoms with Crippen LogP contribution in [0.25, 0.3) is 110 Å². The summed E-state index contributed by atoms with van der Waals surface area (Å²) in [6, 6.07) is 58.4. The van der Waals surface area contributed by atoms with Crippen LogP contribution in [0, 0.1) is 0 Å². The molecular formula is C47H27N3. The van der Waals surface area contributed by atoms with E-state index in [9.17, 15) is 0 Å². The van der Waals surface area contributed by atoms with Gasteiger partial charge < -0.3 is 0 Å². The summed E-state index contributed by atoms with van der Waals surface area (Å²) in [5.74, 6) is 1.99. The van der Waals surface area contributed by atoms with E-state index in [4.69, 9.17) is 15.0 Å². The van der Waals surface area contributed by atoms with Gasteiger partial charge in [0.2, 0.25) is 0 Å². The van der Waals surface area contributed by atoms with Crippen molar-refractivity contribution in [2.75, 3.05) is 0 Å². The first-order chi connectivity index (χ1) is 24.8. The molecule has 0 atom stereocenters. The maximum atomic E-state index is 5.36. The molecule has 1 aliphatic carbocycles. The zero-order chi connectivity index (χ0) is 32.8. The van der Waals surface area contributed by atoms with Gasteiger partial charge >= 0.3 is 0 Å². The Balaban J connectivity index is 1.24. The first-order valence-electron chi connectivity index (χ1n) is 17.0. The summed E-state index contributed by atoms with van der Waals surface area (Å²) in [5, 5.41) is 12.1. The molecule has 1 heterocycles. The molecule has 0 saturated heterocycles.